The predicted molar refractivity (Wildman–Crippen MR) is 77.4 cm³/mol. The van der Waals surface area contributed by atoms with Crippen LogP contribution in [0.2, 0.25) is 0 Å². The van der Waals surface area contributed by atoms with Crippen molar-refractivity contribution in [3.8, 4) is 0 Å². The van der Waals surface area contributed by atoms with Crippen molar-refractivity contribution in [2.24, 2.45) is 0 Å². The summed E-state index contributed by atoms with van der Waals surface area (Å²) in [4.78, 5) is 10.6. The Morgan fingerprint density at radius 2 is 1.46 bits per heavy atom. The second kappa shape index (κ2) is 11.4. The van der Waals surface area contributed by atoms with Crippen LogP contribution < -0.4 is 34.7 Å². The van der Waals surface area contributed by atoms with Crippen molar-refractivity contribution < 1.29 is 94.2 Å². The van der Waals surface area contributed by atoms with Crippen LogP contribution in [0.1, 0.15) is 0 Å². The Kier molecular flexibility index (Phi) is 10.6. The van der Waals surface area contributed by atoms with Gasteiger partial charge in [0.05, 0.1) is 25.8 Å². The molecular weight excluding hydrogens is 399 g/mol. The van der Waals surface area contributed by atoms with Gasteiger partial charge in [-0.3, -0.25) is 0 Å². The number of carboxylic acids is 1. The molecule has 0 aromatic carbocycles. The van der Waals surface area contributed by atoms with Gasteiger partial charge in [0, 0.05) is 0 Å². The second-order valence-electron chi connectivity index (χ2n) is 6.18. The largest absolute Gasteiger partial charge is 1.00 e. The number of hydrogen-bond donors (Lipinski definition) is 7. The van der Waals surface area contributed by atoms with Crippen molar-refractivity contribution in [2.75, 3.05) is 19.8 Å². The molecule has 10 atom stereocenters. The molecule has 7 N–H and O–H groups in total. The number of hydrogen-bond acceptors (Lipinski definition) is 13. The van der Waals surface area contributed by atoms with Crippen molar-refractivity contribution in [1.82, 2.24) is 0 Å². The molecule has 0 amide bonds. The normalized spacial score (nSPS) is 44.0. The van der Waals surface area contributed by atoms with Crippen LogP contribution in [-0.4, -0.2) is 123 Å². The Labute approximate surface area is 181 Å². The third kappa shape index (κ3) is 5.80. The topological polar surface area (TPSA) is 219 Å². The zero-order chi connectivity index (χ0) is 20.3. The van der Waals surface area contributed by atoms with Crippen LogP contribution in [0.3, 0.4) is 0 Å². The Morgan fingerprint density at radius 1 is 0.857 bits per heavy atom. The number of ether oxygens (including phenoxy) is 4. The third-order valence-corrected chi connectivity index (χ3v) is 4.35. The minimum atomic E-state index is -1.79. The molecule has 2 rings (SSSR count). The van der Waals surface area contributed by atoms with Gasteiger partial charge in [0.15, 0.2) is 12.6 Å². The van der Waals surface area contributed by atoms with Crippen molar-refractivity contribution in [3.63, 3.8) is 0 Å². The first-order valence-corrected chi connectivity index (χ1v) is 8.11. The standard InChI is InChI=1S/C14H24O13.Na/c15-1-4-7(19)12(24-3-6(17)18)10(22)14(26-4)27-11-5(2-16)25-13(23)9(21)8(11)20;/h4-5,7-16,19-23H,1-3H2,(H,17,18);/q;+1/p-1/t4-,5-,7+,8-,9-,10-,11-,12+,13-,14+;/m1./s1. The minimum absolute atomic E-state index is 0. The number of carbonyl (C=O) groups is 1. The van der Waals surface area contributed by atoms with Crippen molar-refractivity contribution in [2.45, 2.75) is 61.4 Å². The number of carboxylic acid groups (broad SMARTS) is 1. The van der Waals surface area contributed by atoms with Gasteiger partial charge in [0.1, 0.15) is 48.8 Å². The van der Waals surface area contributed by atoms with Crippen molar-refractivity contribution in [1.29, 1.82) is 0 Å². The van der Waals surface area contributed by atoms with Crippen LogP contribution in [-0.2, 0) is 23.7 Å². The van der Waals surface area contributed by atoms with Gasteiger partial charge in [0.2, 0.25) is 0 Å². The molecule has 0 unspecified atom stereocenters. The second-order valence-corrected chi connectivity index (χ2v) is 6.18. The van der Waals surface area contributed by atoms with Crippen LogP contribution in [0.15, 0.2) is 0 Å². The fourth-order valence-corrected chi connectivity index (χ4v) is 2.92. The molecule has 13 nitrogen and oxygen atoms in total. The molecule has 0 aromatic rings. The maximum absolute atomic E-state index is 10.6. The molecule has 0 radical (unpaired) electrons. The zero-order valence-electron chi connectivity index (χ0n) is 15.0. The molecule has 0 saturated carbocycles. The van der Waals surface area contributed by atoms with E-state index in [9.17, 15) is 45.6 Å². The summed E-state index contributed by atoms with van der Waals surface area (Å²) in [5, 5.41) is 78.7. The average Bonchev–Trinajstić information content (AvgIpc) is 2.63. The first-order chi connectivity index (χ1) is 12.7. The van der Waals surface area contributed by atoms with Crippen molar-refractivity contribution in [3.05, 3.63) is 0 Å². The summed E-state index contributed by atoms with van der Waals surface area (Å²) in [5.41, 5.74) is 0. The summed E-state index contributed by atoms with van der Waals surface area (Å²) in [6.07, 6.45) is -16.1. The number of rotatable bonds is 7. The van der Waals surface area contributed by atoms with Crippen LogP contribution in [0.25, 0.3) is 0 Å². The predicted octanol–water partition coefficient (Wildman–Crippen LogP) is -9.62. The molecule has 14 heteroatoms. The molecule has 2 aliphatic rings. The fraction of sp³-hybridized carbons (Fsp3) is 0.929. The van der Waals surface area contributed by atoms with E-state index in [1.165, 1.54) is 0 Å². The first kappa shape index (κ1) is 26.1. The Bertz CT molecular complexity index is 494. The first-order valence-electron chi connectivity index (χ1n) is 8.11. The minimum Gasteiger partial charge on any atom is -0.548 e. The molecule has 2 heterocycles. The van der Waals surface area contributed by atoms with E-state index in [1.54, 1.807) is 0 Å². The summed E-state index contributed by atoms with van der Waals surface area (Å²) in [6.45, 7) is -2.44. The van der Waals surface area contributed by atoms with Gasteiger partial charge in [-0.15, -0.1) is 0 Å². The molecular formula is C14H23NaO13. The summed E-state index contributed by atoms with van der Waals surface area (Å²) in [5.74, 6) is -1.62. The molecule has 2 aliphatic heterocycles. The molecule has 28 heavy (non-hydrogen) atoms. The molecule has 0 spiro atoms. The molecule has 2 saturated heterocycles. The van der Waals surface area contributed by atoms with Crippen LogP contribution in [0.5, 0.6) is 0 Å². The number of aliphatic carboxylic acids is 1. The SMILES string of the molecule is O=C([O-])CO[C@H]1[C@@H](O)[C@@H](CO)O[C@@H](O[C@H]2[C@H](O)[C@@H](O)[C@H](O)O[C@@H]2CO)[C@@H]1O.[Na+]. The molecule has 2 fully saturated rings. The van der Waals surface area contributed by atoms with Gasteiger partial charge in [-0.1, -0.05) is 0 Å². The number of aliphatic hydroxyl groups is 7. The smallest absolute Gasteiger partial charge is 0.548 e. The Hall–Kier alpha value is 0.0300. The van der Waals surface area contributed by atoms with Gasteiger partial charge < -0.3 is 64.6 Å². The number of aliphatic hydroxyl groups excluding tert-OH is 7. The fourth-order valence-electron chi connectivity index (χ4n) is 2.92. The zero-order valence-corrected chi connectivity index (χ0v) is 17.0. The quantitative estimate of drug-likeness (QED) is 0.190. The third-order valence-electron chi connectivity index (χ3n) is 4.35. The molecule has 0 bridgehead atoms. The van der Waals surface area contributed by atoms with Gasteiger partial charge in [0.25, 0.3) is 0 Å². The molecule has 0 aromatic heterocycles. The molecule has 0 aliphatic carbocycles. The van der Waals surface area contributed by atoms with E-state index in [4.69, 9.17) is 18.9 Å². The van der Waals surface area contributed by atoms with Gasteiger partial charge >= 0.3 is 29.6 Å². The van der Waals surface area contributed by atoms with Crippen LogP contribution in [0, 0.1) is 0 Å². The summed E-state index contributed by atoms with van der Waals surface area (Å²) >= 11 is 0. The van der Waals surface area contributed by atoms with E-state index in [0.29, 0.717) is 0 Å². The van der Waals surface area contributed by atoms with Gasteiger partial charge in [-0.25, -0.2) is 0 Å². The number of carbonyl (C=O) groups excluding carboxylic acids is 1. The summed E-state index contributed by atoms with van der Waals surface area (Å²) in [6, 6.07) is 0. The van der Waals surface area contributed by atoms with E-state index >= 15 is 0 Å². The van der Waals surface area contributed by atoms with Crippen molar-refractivity contribution >= 4 is 5.97 Å². The maximum atomic E-state index is 10.6. The van der Waals surface area contributed by atoms with E-state index < -0.39 is 87.2 Å². The van der Waals surface area contributed by atoms with E-state index in [1.807, 2.05) is 0 Å². The average molecular weight is 422 g/mol. The van der Waals surface area contributed by atoms with Crippen LogP contribution >= 0.6 is 0 Å². The summed E-state index contributed by atoms with van der Waals surface area (Å²) < 4.78 is 20.3. The molecule has 158 valence electrons. The maximum Gasteiger partial charge on any atom is 1.00 e. The van der Waals surface area contributed by atoms with Gasteiger partial charge in [-0.2, -0.15) is 0 Å². The van der Waals surface area contributed by atoms with E-state index in [2.05, 4.69) is 0 Å². The van der Waals surface area contributed by atoms with E-state index in [-0.39, 0.29) is 29.6 Å². The van der Waals surface area contributed by atoms with Gasteiger partial charge in [-0.05, 0) is 0 Å². The Morgan fingerprint density at radius 3 is 2.00 bits per heavy atom. The monoisotopic (exact) mass is 422 g/mol. The summed E-state index contributed by atoms with van der Waals surface area (Å²) in [7, 11) is 0. The van der Waals surface area contributed by atoms with Crippen LogP contribution in [0.4, 0.5) is 0 Å². The Balaban J connectivity index is 0.00000392. The van der Waals surface area contributed by atoms with E-state index in [0.717, 1.165) is 0 Å².